The lowest BCUT2D eigenvalue weighted by molar-refractivity contribution is -0.275. The molecule has 7 rings (SSSR count). The van der Waals surface area contributed by atoms with Crippen molar-refractivity contribution in [2.24, 2.45) is 0 Å². The lowest BCUT2D eigenvalue weighted by atomic mass is 9.86. The topological polar surface area (TPSA) is 53.5 Å². The van der Waals surface area contributed by atoms with E-state index in [1.165, 1.54) is 54.2 Å². The second-order valence-corrected chi connectivity index (χ2v) is 29.4. The van der Waals surface area contributed by atoms with Gasteiger partial charge in [-0.2, -0.15) is 30.7 Å². The summed E-state index contributed by atoms with van der Waals surface area (Å²) in [6.07, 6.45) is -19.4. The van der Waals surface area contributed by atoms with Gasteiger partial charge in [0.15, 0.2) is 0 Å². The van der Waals surface area contributed by atoms with Crippen molar-refractivity contribution < 1.29 is 88.8 Å². The number of hydrogen-bond donors (Lipinski definition) is 0. The molecule has 0 aliphatic rings. The van der Waals surface area contributed by atoms with Crippen LogP contribution in [0.25, 0.3) is 0 Å². The van der Waals surface area contributed by atoms with E-state index in [1.54, 1.807) is 78.1 Å². The molecule has 0 saturated heterocycles. The molecular formula is C73H88ClF17N2O3. The van der Waals surface area contributed by atoms with Gasteiger partial charge >= 0.3 is 31.4 Å². The smallest absolute Gasteiger partial charge is 0.428 e. The molecule has 0 N–H and O–H groups in total. The Morgan fingerprint density at radius 2 is 0.656 bits per heavy atom. The molecule has 2 aromatic heterocycles. The van der Waals surface area contributed by atoms with E-state index in [0.29, 0.717) is 28.3 Å². The first-order valence-corrected chi connectivity index (χ1v) is 30.1. The number of halogens is 18. The zero-order valence-electron chi connectivity index (χ0n) is 57.9. The SMILES string of the molecule is CC(C)(C)c1cc(F)cc(C(F)(F)F)c1.CC(C)(C)c1cc(F)cc(OC(F)(F)C(F)F)c1.CC(C)(C)c1ccc(Cl)cn1.CC(C)(C)c1ccc(F)cc1.CC(C)(C)c1ccc(F)cn1.CC(C)(C)c1cccc(OC(F)(F)F)c1.CC(C)(C)c1cccc(OC(F)(F)F)c1. The summed E-state index contributed by atoms with van der Waals surface area (Å²) in [5.74, 6) is -3.08. The lowest BCUT2D eigenvalue weighted by Gasteiger charge is -2.22. The van der Waals surface area contributed by atoms with Gasteiger partial charge in [0, 0.05) is 34.5 Å². The average Bonchev–Trinajstić information content (AvgIpc) is 0.953. The zero-order valence-corrected chi connectivity index (χ0v) is 58.6. The van der Waals surface area contributed by atoms with E-state index in [-0.39, 0.29) is 50.2 Å². The van der Waals surface area contributed by atoms with Gasteiger partial charge in [0.25, 0.3) is 0 Å². The van der Waals surface area contributed by atoms with Crippen molar-refractivity contribution in [2.45, 2.75) is 215 Å². The minimum atomic E-state index is -4.64. The molecule has 0 aliphatic heterocycles. The first-order valence-electron chi connectivity index (χ1n) is 29.8. The highest BCUT2D eigenvalue weighted by molar-refractivity contribution is 6.30. The van der Waals surface area contributed by atoms with Crippen molar-refractivity contribution in [1.82, 2.24) is 9.97 Å². The van der Waals surface area contributed by atoms with Gasteiger partial charge in [-0.1, -0.05) is 193 Å². The molecule has 0 unspecified atom stereocenters. The molecule has 5 nitrogen and oxygen atoms in total. The lowest BCUT2D eigenvalue weighted by Crippen LogP contribution is -2.33. The Hall–Kier alpha value is -7.10. The van der Waals surface area contributed by atoms with Crippen molar-refractivity contribution >= 4 is 11.6 Å². The third-order valence-corrected chi connectivity index (χ3v) is 13.1. The van der Waals surface area contributed by atoms with Crippen LogP contribution in [0.2, 0.25) is 5.02 Å². The largest absolute Gasteiger partial charge is 0.573 e. The maximum absolute atomic E-state index is 13.2. The Morgan fingerprint density at radius 3 is 0.979 bits per heavy atom. The van der Waals surface area contributed by atoms with Gasteiger partial charge in [-0.3, -0.25) is 9.97 Å². The summed E-state index contributed by atoms with van der Waals surface area (Å²) in [7, 11) is 0. The maximum atomic E-state index is 13.2. The van der Waals surface area contributed by atoms with Crippen LogP contribution in [0.15, 0.2) is 146 Å². The van der Waals surface area contributed by atoms with Crippen molar-refractivity contribution in [3.05, 3.63) is 219 Å². The minimum Gasteiger partial charge on any atom is -0.428 e. The molecule has 0 fully saturated rings. The molecule has 5 aromatic carbocycles. The third kappa shape index (κ3) is 34.7. The average molecular weight is 1400 g/mol. The predicted molar refractivity (Wildman–Crippen MR) is 346 cm³/mol. The molecule has 0 bridgehead atoms. The second-order valence-electron chi connectivity index (χ2n) is 29.0. The highest BCUT2D eigenvalue weighted by Crippen LogP contribution is 2.36. The normalized spacial score (nSPS) is 12.4. The molecule has 0 atom stereocenters. The third-order valence-electron chi connectivity index (χ3n) is 12.9. The van der Waals surface area contributed by atoms with Crippen LogP contribution in [0.3, 0.4) is 0 Å². The number of nitrogens with zero attached hydrogens (tertiary/aromatic N) is 2. The molecule has 0 spiro atoms. The van der Waals surface area contributed by atoms with Crippen LogP contribution >= 0.6 is 11.6 Å². The van der Waals surface area contributed by atoms with E-state index in [1.807, 2.05) is 86.6 Å². The Kier molecular flexibility index (Phi) is 31.1. The van der Waals surface area contributed by atoms with Gasteiger partial charge in [0.05, 0.1) is 16.8 Å². The molecule has 0 aliphatic carbocycles. The summed E-state index contributed by atoms with van der Waals surface area (Å²) in [5.41, 5.74) is 3.41. The number of hydrogen-bond acceptors (Lipinski definition) is 5. The number of aromatic nitrogens is 2. The summed E-state index contributed by atoms with van der Waals surface area (Å²) in [6, 6.07) is 31.3. The van der Waals surface area contributed by atoms with E-state index in [2.05, 4.69) is 65.7 Å². The van der Waals surface area contributed by atoms with Gasteiger partial charge in [-0.05, 0) is 146 Å². The molecular weight excluding hydrogens is 1310 g/mol. The molecule has 7 aromatic rings. The van der Waals surface area contributed by atoms with E-state index in [0.717, 1.165) is 46.8 Å². The molecule has 0 radical (unpaired) electrons. The Bertz CT molecular complexity index is 3210. The zero-order chi connectivity index (χ0) is 74.8. The maximum Gasteiger partial charge on any atom is 0.573 e. The van der Waals surface area contributed by atoms with E-state index in [9.17, 15) is 74.6 Å². The monoisotopic (exact) mass is 1400 g/mol. The number of pyridine rings is 2. The van der Waals surface area contributed by atoms with Crippen LogP contribution < -0.4 is 14.2 Å². The molecule has 23 heteroatoms. The quantitative estimate of drug-likeness (QED) is 0.161. The minimum absolute atomic E-state index is 0.00764. The number of rotatable bonds is 5. The summed E-state index contributed by atoms with van der Waals surface area (Å²) < 4.78 is 221. The summed E-state index contributed by atoms with van der Waals surface area (Å²) in [5, 5.41) is 0.693. The standard InChI is InChI=1S/C12H13F5O.C11H12F4.2C11H13F3O.C10H13F.C9H12ClN.C9H12FN/c1-11(2,3)7-4-8(13)6-9(5-7)18-12(16,17)10(14)15;1-10(2,3)7-4-8(11(13,14)15)6-9(12)5-7;2*1-10(2,3)8-5-4-6-9(7-8)15-11(12,13)14;1-10(2,3)8-4-6-9(11)7-5-8;2*1-9(2,3)8-5-4-7(10)6-11-8/h4-6,10H,1-3H3;4-6H,1-3H3;2*4-7H,1-3H3;4-7H,1-3H3;2*4-6H,1-3H3. The van der Waals surface area contributed by atoms with E-state index >= 15 is 0 Å². The number of benzene rings is 5. The molecule has 0 saturated carbocycles. The molecule has 534 valence electrons. The highest BCUT2D eigenvalue weighted by Gasteiger charge is 2.44. The van der Waals surface area contributed by atoms with Gasteiger partial charge in [0.2, 0.25) is 0 Å². The van der Waals surface area contributed by atoms with Crippen molar-refractivity contribution in [1.29, 1.82) is 0 Å². The summed E-state index contributed by atoms with van der Waals surface area (Å²) in [6.45, 7) is 40.9. The number of ether oxygens (including phenoxy) is 3. The van der Waals surface area contributed by atoms with Crippen LogP contribution in [0.4, 0.5) is 74.6 Å². The first-order chi connectivity index (χ1) is 43.0. The Labute approximate surface area is 559 Å². The van der Waals surface area contributed by atoms with Gasteiger partial charge in [-0.15, -0.1) is 26.3 Å². The van der Waals surface area contributed by atoms with Crippen LogP contribution in [0, 0.1) is 23.3 Å². The fraction of sp³-hybridized carbons (Fsp3) is 0.452. The van der Waals surface area contributed by atoms with Crippen molar-refractivity contribution in [3.8, 4) is 17.2 Å². The highest BCUT2D eigenvalue weighted by atomic mass is 35.5. The van der Waals surface area contributed by atoms with Crippen molar-refractivity contribution in [2.75, 3.05) is 0 Å². The number of alkyl halides is 13. The predicted octanol–water partition coefficient (Wildman–Crippen LogP) is 24.9. The van der Waals surface area contributed by atoms with Crippen molar-refractivity contribution in [3.63, 3.8) is 0 Å². The van der Waals surface area contributed by atoms with E-state index < -0.39 is 65.2 Å². The van der Waals surface area contributed by atoms with Crippen LogP contribution in [0.5, 0.6) is 17.2 Å². The van der Waals surface area contributed by atoms with Crippen LogP contribution in [-0.2, 0) is 44.1 Å². The summed E-state index contributed by atoms with van der Waals surface area (Å²) in [4.78, 5) is 8.19. The fourth-order valence-electron chi connectivity index (χ4n) is 7.35. The molecule has 96 heavy (non-hydrogen) atoms. The van der Waals surface area contributed by atoms with Gasteiger partial charge in [-0.25, -0.2) is 17.6 Å². The van der Waals surface area contributed by atoms with E-state index in [4.69, 9.17) is 11.6 Å². The Morgan fingerprint density at radius 1 is 0.312 bits per heavy atom. The second kappa shape index (κ2) is 34.4. The summed E-state index contributed by atoms with van der Waals surface area (Å²) >= 11 is 5.70. The molecule has 2 heterocycles. The van der Waals surface area contributed by atoms with Gasteiger partial charge < -0.3 is 14.2 Å². The first kappa shape index (κ1) is 86.9. The van der Waals surface area contributed by atoms with Crippen LogP contribution in [0.1, 0.15) is 190 Å². The van der Waals surface area contributed by atoms with Gasteiger partial charge in [0.1, 0.15) is 40.5 Å². The van der Waals surface area contributed by atoms with Crippen LogP contribution in [-0.4, -0.2) is 35.2 Å². The Balaban J connectivity index is 0.000000564. The fourth-order valence-corrected chi connectivity index (χ4v) is 7.46. The molecule has 0 amide bonds.